The zero-order chi connectivity index (χ0) is 20.3. The summed E-state index contributed by atoms with van der Waals surface area (Å²) in [5, 5.41) is 0. The van der Waals surface area contributed by atoms with Gasteiger partial charge in [-0.3, -0.25) is 0 Å². The molecule has 28 heavy (non-hydrogen) atoms. The predicted molar refractivity (Wildman–Crippen MR) is 102 cm³/mol. The lowest BCUT2D eigenvalue weighted by atomic mass is 9.69. The molecule has 0 atom stereocenters. The molecule has 2 fully saturated rings. The van der Waals surface area contributed by atoms with E-state index in [2.05, 4.69) is 16.9 Å². The van der Waals surface area contributed by atoms with Crippen molar-refractivity contribution in [3.05, 3.63) is 41.7 Å². The van der Waals surface area contributed by atoms with Gasteiger partial charge in [-0.05, 0) is 76.0 Å². The molecule has 2 saturated carbocycles. The highest BCUT2D eigenvalue weighted by Gasteiger charge is 2.45. The van der Waals surface area contributed by atoms with Crippen molar-refractivity contribution < 1.29 is 29.5 Å². The summed E-state index contributed by atoms with van der Waals surface area (Å²) < 4.78 is 73.1. The Morgan fingerprint density at radius 1 is 0.893 bits per heavy atom. The van der Waals surface area contributed by atoms with Gasteiger partial charge in [0.15, 0.2) is 17.5 Å². The fourth-order valence-corrected chi connectivity index (χ4v) is 4.84. The molecule has 0 aliphatic heterocycles. The second kappa shape index (κ2) is 8.83. The highest BCUT2D eigenvalue weighted by Crippen LogP contribution is 2.45. The van der Waals surface area contributed by atoms with Crippen LogP contribution >= 0.6 is 0 Å². The van der Waals surface area contributed by atoms with Gasteiger partial charge in [-0.1, -0.05) is 12.2 Å². The number of ether oxygens (including phenoxy) is 1. The molecule has 6 heteroatoms. The van der Waals surface area contributed by atoms with Crippen molar-refractivity contribution in [3.63, 3.8) is 0 Å². The summed E-state index contributed by atoms with van der Waals surface area (Å²) >= 11 is 0. The molecule has 2 aliphatic carbocycles. The second-order valence-electron chi connectivity index (χ2n) is 8.18. The molecule has 2 aliphatic rings. The van der Waals surface area contributed by atoms with Crippen LogP contribution in [0.5, 0.6) is 5.75 Å². The molecular weight excluding hydrogens is 375 g/mol. The molecule has 0 unspecified atom stereocenters. The lowest BCUT2D eigenvalue weighted by Crippen LogP contribution is -2.38. The average molecular weight is 406 g/mol. The third-order valence-electron chi connectivity index (χ3n) is 6.41. The minimum Gasteiger partial charge on any atom is -0.432 e. The van der Waals surface area contributed by atoms with Crippen LogP contribution in [-0.4, -0.2) is 6.11 Å². The van der Waals surface area contributed by atoms with Crippen LogP contribution in [0.2, 0.25) is 0 Å². The zero-order valence-corrected chi connectivity index (χ0v) is 16.1. The first-order valence-corrected chi connectivity index (χ1v) is 10.1. The van der Waals surface area contributed by atoms with E-state index in [1.54, 1.807) is 0 Å². The largest absolute Gasteiger partial charge is 0.432 e. The smallest absolute Gasteiger partial charge is 0.400 e. The fraction of sp³-hybridized carbons (Fsp3) is 0.636. The van der Waals surface area contributed by atoms with E-state index in [0.717, 1.165) is 25.7 Å². The van der Waals surface area contributed by atoms with Gasteiger partial charge in [-0.2, -0.15) is 8.78 Å². The quantitative estimate of drug-likeness (QED) is 0.276. The molecule has 0 amide bonds. The number of halogens is 5. The maximum atomic E-state index is 14.5. The molecule has 160 valence electrons. The SMILES string of the molecule is C/C=C/C1CCC(C2CCC(C(F)(F)Oc3cc(F)c(F)c(F)c3)CC2)CC1.[HH].[HH]. The topological polar surface area (TPSA) is 9.23 Å². The molecular formula is C22H31F5O. The molecule has 1 aromatic carbocycles. The van der Waals surface area contributed by atoms with Gasteiger partial charge in [0.25, 0.3) is 0 Å². The Morgan fingerprint density at radius 3 is 1.89 bits per heavy atom. The van der Waals surface area contributed by atoms with E-state index in [1.165, 1.54) is 0 Å². The van der Waals surface area contributed by atoms with Crippen molar-refractivity contribution >= 4 is 0 Å². The summed E-state index contributed by atoms with van der Waals surface area (Å²) in [6, 6.07) is 0.919. The van der Waals surface area contributed by atoms with Crippen LogP contribution in [0.3, 0.4) is 0 Å². The van der Waals surface area contributed by atoms with Crippen molar-refractivity contribution in [1.29, 1.82) is 0 Å². The van der Waals surface area contributed by atoms with Crippen LogP contribution in [0.4, 0.5) is 22.0 Å². The first kappa shape index (κ1) is 21.1. The van der Waals surface area contributed by atoms with E-state index in [9.17, 15) is 22.0 Å². The van der Waals surface area contributed by atoms with Crippen molar-refractivity contribution in [2.24, 2.45) is 23.7 Å². The average Bonchev–Trinajstić information content (AvgIpc) is 2.67. The number of benzene rings is 1. The van der Waals surface area contributed by atoms with Gasteiger partial charge in [-0.15, -0.1) is 0 Å². The van der Waals surface area contributed by atoms with E-state index >= 15 is 0 Å². The molecule has 0 radical (unpaired) electrons. The standard InChI is InChI=1S/C22H27F5O.2H2/c1-2-3-14-4-6-15(7-5-14)16-8-10-17(11-9-16)22(26,27)28-18-12-19(23)21(25)20(24)13-18;;/h2-3,12-17H,4-11H2,1H3;2*1H/b3-2+;;. The molecule has 3 rings (SSSR count). The highest BCUT2D eigenvalue weighted by molar-refractivity contribution is 5.25. The molecule has 1 aromatic rings. The number of hydrogen-bond donors (Lipinski definition) is 0. The minimum atomic E-state index is -3.54. The monoisotopic (exact) mass is 406 g/mol. The van der Waals surface area contributed by atoms with Crippen LogP contribution in [0.1, 0.15) is 61.1 Å². The predicted octanol–water partition coefficient (Wildman–Crippen LogP) is 7.76. The van der Waals surface area contributed by atoms with Crippen LogP contribution in [0, 0.1) is 41.1 Å². The van der Waals surface area contributed by atoms with E-state index in [0.29, 0.717) is 55.6 Å². The lowest BCUT2D eigenvalue weighted by molar-refractivity contribution is -0.224. The Bertz CT molecular complexity index is 674. The number of allylic oxidation sites excluding steroid dienone is 2. The third-order valence-corrected chi connectivity index (χ3v) is 6.41. The normalized spacial score (nSPS) is 29.2. The van der Waals surface area contributed by atoms with E-state index in [1.807, 2.05) is 6.92 Å². The van der Waals surface area contributed by atoms with Gasteiger partial charge < -0.3 is 4.74 Å². The number of hydrogen-bond acceptors (Lipinski definition) is 1. The van der Waals surface area contributed by atoms with Crippen molar-refractivity contribution in [3.8, 4) is 5.75 Å². The number of rotatable bonds is 5. The molecule has 0 aromatic heterocycles. The van der Waals surface area contributed by atoms with E-state index < -0.39 is 35.2 Å². The molecule has 0 N–H and O–H groups in total. The molecule has 1 nitrogen and oxygen atoms in total. The van der Waals surface area contributed by atoms with Crippen LogP contribution in [-0.2, 0) is 0 Å². The van der Waals surface area contributed by atoms with Crippen LogP contribution in [0.15, 0.2) is 24.3 Å². The Labute approximate surface area is 165 Å². The van der Waals surface area contributed by atoms with Crippen LogP contribution < -0.4 is 4.74 Å². The Kier molecular flexibility index (Phi) is 6.66. The third kappa shape index (κ3) is 4.87. The first-order valence-electron chi connectivity index (χ1n) is 10.1. The van der Waals surface area contributed by atoms with Crippen molar-refractivity contribution in [2.75, 3.05) is 0 Å². The summed E-state index contributed by atoms with van der Waals surface area (Å²) in [4.78, 5) is 0. The molecule has 0 heterocycles. The molecule has 0 bridgehead atoms. The first-order chi connectivity index (χ1) is 13.3. The van der Waals surface area contributed by atoms with Crippen molar-refractivity contribution in [1.82, 2.24) is 0 Å². The highest BCUT2D eigenvalue weighted by atomic mass is 19.3. The summed E-state index contributed by atoms with van der Waals surface area (Å²) in [5.74, 6) is -4.76. The fourth-order valence-electron chi connectivity index (χ4n) is 4.84. The Hall–Kier alpha value is -1.59. The maximum absolute atomic E-state index is 14.5. The zero-order valence-electron chi connectivity index (χ0n) is 16.1. The minimum absolute atomic E-state index is 0. The van der Waals surface area contributed by atoms with Gasteiger partial charge in [0, 0.05) is 15.0 Å². The van der Waals surface area contributed by atoms with Crippen LogP contribution in [0.25, 0.3) is 0 Å². The summed E-state index contributed by atoms with van der Waals surface area (Å²) in [6.07, 6.45) is 7.50. The van der Waals surface area contributed by atoms with E-state index in [-0.39, 0.29) is 2.85 Å². The Morgan fingerprint density at radius 2 is 1.39 bits per heavy atom. The van der Waals surface area contributed by atoms with Gasteiger partial charge in [0.1, 0.15) is 5.75 Å². The molecule has 0 spiro atoms. The van der Waals surface area contributed by atoms with Gasteiger partial charge >= 0.3 is 6.11 Å². The van der Waals surface area contributed by atoms with E-state index in [4.69, 9.17) is 0 Å². The van der Waals surface area contributed by atoms with Crippen molar-refractivity contribution in [2.45, 2.75) is 64.4 Å². The van der Waals surface area contributed by atoms with Gasteiger partial charge in [-0.25, -0.2) is 13.2 Å². The summed E-state index contributed by atoms with van der Waals surface area (Å²) in [7, 11) is 0. The summed E-state index contributed by atoms with van der Waals surface area (Å²) in [5.41, 5.74) is 0. The summed E-state index contributed by atoms with van der Waals surface area (Å²) in [6.45, 7) is 2.03. The number of alkyl halides is 2. The second-order valence-corrected chi connectivity index (χ2v) is 8.18. The maximum Gasteiger partial charge on any atom is 0.400 e. The van der Waals surface area contributed by atoms with Gasteiger partial charge in [0.2, 0.25) is 0 Å². The Balaban J connectivity index is 0.00000225. The van der Waals surface area contributed by atoms with Gasteiger partial charge in [0.05, 0.1) is 5.92 Å². The lowest BCUT2D eigenvalue weighted by Gasteiger charge is -2.39. The molecule has 0 saturated heterocycles.